The van der Waals surface area contributed by atoms with Crippen LogP contribution in [-0.4, -0.2) is 24.1 Å². The Morgan fingerprint density at radius 1 is 0.920 bits per heavy atom. The zero-order valence-corrected chi connectivity index (χ0v) is 14.4. The van der Waals surface area contributed by atoms with Crippen LogP contribution in [0.1, 0.15) is 22.9 Å². The quantitative estimate of drug-likeness (QED) is 0.505. The number of benzene rings is 1. The Hall–Kier alpha value is -3.39. The van der Waals surface area contributed by atoms with Gasteiger partial charge in [0.15, 0.2) is 11.5 Å². The summed E-state index contributed by atoms with van der Waals surface area (Å²) in [5, 5.41) is 4.48. The molecule has 4 rings (SSSR count). The summed E-state index contributed by atoms with van der Waals surface area (Å²) in [6.45, 7) is 4.02. The molecule has 0 fully saturated rings. The maximum absolute atomic E-state index is 4.61. The van der Waals surface area contributed by atoms with Crippen molar-refractivity contribution in [1.82, 2.24) is 24.1 Å². The number of imidazole rings is 1. The molecule has 0 bridgehead atoms. The summed E-state index contributed by atoms with van der Waals surface area (Å²) in [5.74, 6) is 7.30. The molecule has 0 N–H and O–H groups in total. The van der Waals surface area contributed by atoms with Gasteiger partial charge in [-0.2, -0.15) is 4.98 Å². The van der Waals surface area contributed by atoms with Crippen LogP contribution in [0.5, 0.6) is 0 Å². The van der Waals surface area contributed by atoms with Crippen molar-refractivity contribution in [3.8, 4) is 23.1 Å². The van der Waals surface area contributed by atoms with Gasteiger partial charge in [-0.15, -0.1) is 5.10 Å². The minimum atomic E-state index is 0.502. The minimum absolute atomic E-state index is 0.502. The lowest BCUT2D eigenvalue weighted by molar-refractivity contribution is 0.892. The summed E-state index contributed by atoms with van der Waals surface area (Å²) in [6.07, 6.45) is 1.98. The van der Waals surface area contributed by atoms with Crippen molar-refractivity contribution in [2.24, 2.45) is 7.05 Å². The highest BCUT2D eigenvalue weighted by molar-refractivity contribution is 5.59. The van der Waals surface area contributed by atoms with Gasteiger partial charge in [-0.3, -0.25) is 0 Å². The maximum atomic E-state index is 4.61. The van der Waals surface area contributed by atoms with E-state index in [2.05, 4.69) is 26.9 Å². The fraction of sp³-hybridized carbons (Fsp3) is 0.150. The Balaban J connectivity index is 1.71. The molecule has 0 unspecified atom stereocenters. The molecule has 0 saturated heterocycles. The van der Waals surface area contributed by atoms with Crippen LogP contribution < -0.4 is 0 Å². The van der Waals surface area contributed by atoms with E-state index in [1.165, 1.54) is 0 Å². The van der Waals surface area contributed by atoms with Gasteiger partial charge < -0.3 is 4.57 Å². The number of hydrogen-bond donors (Lipinski definition) is 0. The molecule has 4 aromatic rings. The van der Waals surface area contributed by atoms with Crippen LogP contribution in [0, 0.1) is 25.7 Å². The Labute approximate surface area is 146 Å². The molecule has 1 aromatic carbocycles. The molecule has 3 aromatic heterocycles. The lowest BCUT2D eigenvalue weighted by Gasteiger charge is -1.98. The van der Waals surface area contributed by atoms with Crippen LogP contribution in [0.4, 0.5) is 0 Å². The average molecular weight is 327 g/mol. The fourth-order valence-corrected chi connectivity index (χ4v) is 2.70. The number of pyridine rings is 1. The summed E-state index contributed by atoms with van der Waals surface area (Å²) >= 11 is 0. The molecule has 5 heteroatoms. The van der Waals surface area contributed by atoms with Crippen molar-refractivity contribution in [2.45, 2.75) is 13.8 Å². The Morgan fingerprint density at radius 2 is 1.72 bits per heavy atom. The molecule has 0 atom stereocenters. The normalized spacial score (nSPS) is 10.7. The van der Waals surface area contributed by atoms with Crippen LogP contribution in [0.15, 0.2) is 48.7 Å². The Kier molecular flexibility index (Phi) is 3.58. The largest absolute Gasteiger partial charge is 0.327 e. The fourth-order valence-electron chi connectivity index (χ4n) is 2.70. The minimum Gasteiger partial charge on any atom is -0.327 e. The highest BCUT2D eigenvalue weighted by Crippen LogP contribution is 2.17. The van der Waals surface area contributed by atoms with Crippen molar-refractivity contribution in [3.05, 3.63) is 71.6 Å². The maximum Gasteiger partial charge on any atom is 0.226 e. The van der Waals surface area contributed by atoms with Crippen LogP contribution in [0.3, 0.4) is 0 Å². The number of aryl methyl sites for hydroxylation is 3. The molecule has 0 radical (unpaired) electrons. The third-order valence-corrected chi connectivity index (χ3v) is 4.10. The van der Waals surface area contributed by atoms with E-state index in [9.17, 15) is 0 Å². The lowest BCUT2D eigenvalue weighted by Crippen LogP contribution is -1.94. The van der Waals surface area contributed by atoms with Crippen molar-refractivity contribution >= 4 is 5.65 Å². The van der Waals surface area contributed by atoms with Crippen molar-refractivity contribution in [2.75, 3.05) is 0 Å². The molecule has 25 heavy (non-hydrogen) atoms. The highest BCUT2D eigenvalue weighted by Gasteiger charge is 2.07. The van der Waals surface area contributed by atoms with Gasteiger partial charge in [-0.05, 0) is 37.3 Å². The number of aromatic nitrogens is 5. The number of rotatable bonds is 1. The van der Waals surface area contributed by atoms with Crippen LogP contribution in [0.2, 0.25) is 0 Å². The molecular weight excluding hydrogens is 310 g/mol. The molecule has 3 heterocycles. The van der Waals surface area contributed by atoms with Gasteiger partial charge in [0.1, 0.15) is 0 Å². The zero-order chi connectivity index (χ0) is 17.4. The third kappa shape index (κ3) is 2.79. The van der Waals surface area contributed by atoms with Crippen LogP contribution >= 0.6 is 0 Å². The molecule has 0 spiro atoms. The first-order valence-electron chi connectivity index (χ1n) is 8.05. The standard InChI is InChI=1S/C20H17N5/c1-14-9-10-15(2)25-20(14)22-18(23-25)11-12-19-21-17(13-24(19)3)16-7-5-4-6-8-16/h4-10,13H,1-3H3. The van der Waals surface area contributed by atoms with Crippen molar-refractivity contribution < 1.29 is 0 Å². The van der Waals surface area contributed by atoms with Gasteiger partial charge >= 0.3 is 0 Å². The van der Waals surface area contributed by atoms with E-state index in [0.717, 1.165) is 28.2 Å². The van der Waals surface area contributed by atoms with Gasteiger partial charge in [0, 0.05) is 24.5 Å². The van der Waals surface area contributed by atoms with E-state index >= 15 is 0 Å². The number of fused-ring (bicyclic) bond motifs is 1. The first kappa shape index (κ1) is 15.2. The van der Waals surface area contributed by atoms with Gasteiger partial charge in [-0.1, -0.05) is 36.4 Å². The molecule has 122 valence electrons. The topological polar surface area (TPSA) is 48.0 Å². The van der Waals surface area contributed by atoms with Crippen molar-refractivity contribution in [3.63, 3.8) is 0 Å². The summed E-state index contributed by atoms with van der Waals surface area (Å²) in [6, 6.07) is 14.1. The van der Waals surface area contributed by atoms with Gasteiger partial charge in [0.05, 0.1) is 5.69 Å². The average Bonchev–Trinajstić information content (AvgIpc) is 3.22. The zero-order valence-electron chi connectivity index (χ0n) is 14.4. The molecular formula is C20H17N5. The molecule has 0 amide bonds. The van der Waals surface area contributed by atoms with E-state index in [1.807, 2.05) is 78.6 Å². The smallest absolute Gasteiger partial charge is 0.226 e. The predicted octanol–water partition coefficient (Wildman–Crippen LogP) is 3.15. The van der Waals surface area contributed by atoms with E-state index in [0.29, 0.717) is 11.6 Å². The SMILES string of the molecule is Cc1ccc(C)n2nc(C#Cc3nc(-c4ccccc4)cn3C)nc12. The third-order valence-electron chi connectivity index (χ3n) is 4.10. The highest BCUT2D eigenvalue weighted by atomic mass is 15.3. The van der Waals surface area contributed by atoms with Gasteiger partial charge in [0.25, 0.3) is 0 Å². The Morgan fingerprint density at radius 3 is 2.48 bits per heavy atom. The van der Waals surface area contributed by atoms with E-state index in [-0.39, 0.29) is 0 Å². The summed E-state index contributed by atoms with van der Waals surface area (Å²) in [7, 11) is 1.94. The van der Waals surface area contributed by atoms with Gasteiger partial charge in [0.2, 0.25) is 5.82 Å². The second kappa shape index (κ2) is 5.91. The predicted molar refractivity (Wildman–Crippen MR) is 97.1 cm³/mol. The second-order valence-electron chi connectivity index (χ2n) is 6.01. The van der Waals surface area contributed by atoms with Crippen LogP contribution in [0.25, 0.3) is 16.9 Å². The molecule has 5 nitrogen and oxygen atoms in total. The summed E-state index contributed by atoms with van der Waals surface area (Å²) in [4.78, 5) is 9.14. The lowest BCUT2D eigenvalue weighted by atomic mass is 10.2. The van der Waals surface area contributed by atoms with Crippen molar-refractivity contribution in [1.29, 1.82) is 0 Å². The van der Waals surface area contributed by atoms with E-state index in [4.69, 9.17) is 0 Å². The molecule has 0 saturated carbocycles. The summed E-state index contributed by atoms with van der Waals surface area (Å²) in [5.41, 5.74) is 4.93. The number of hydrogen-bond acceptors (Lipinski definition) is 3. The summed E-state index contributed by atoms with van der Waals surface area (Å²) < 4.78 is 3.74. The van der Waals surface area contributed by atoms with Gasteiger partial charge in [-0.25, -0.2) is 9.50 Å². The van der Waals surface area contributed by atoms with E-state index < -0.39 is 0 Å². The first-order chi connectivity index (χ1) is 12.1. The molecule has 0 aliphatic heterocycles. The monoisotopic (exact) mass is 327 g/mol. The molecule has 0 aliphatic carbocycles. The molecule has 0 aliphatic rings. The first-order valence-corrected chi connectivity index (χ1v) is 8.05. The Bertz CT molecular complexity index is 1080. The second-order valence-corrected chi connectivity index (χ2v) is 6.01. The van der Waals surface area contributed by atoms with E-state index in [1.54, 1.807) is 0 Å². The number of nitrogens with zero attached hydrogens (tertiary/aromatic N) is 5. The van der Waals surface area contributed by atoms with Crippen LogP contribution in [-0.2, 0) is 7.05 Å².